The molecule has 3 aromatic carbocycles. The van der Waals surface area contributed by atoms with Gasteiger partial charge in [-0.2, -0.15) is 13.2 Å². The Kier molecular flexibility index (Phi) is 7.85. The van der Waals surface area contributed by atoms with Crippen LogP contribution in [0.15, 0.2) is 83.8 Å². The zero-order valence-electron chi connectivity index (χ0n) is 17.6. The molecule has 1 atom stereocenters. The van der Waals surface area contributed by atoms with Crippen molar-refractivity contribution in [2.24, 2.45) is 5.92 Å². The lowest BCUT2D eigenvalue weighted by Gasteiger charge is -2.20. The second-order valence-corrected chi connectivity index (χ2v) is 8.65. The maximum absolute atomic E-state index is 12.8. The molecule has 0 N–H and O–H groups in total. The fraction of sp³-hybridized carbons (Fsp3) is 0.240. The van der Waals surface area contributed by atoms with Crippen LogP contribution in [0.3, 0.4) is 0 Å². The Morgan fingerprint density at radius 2 is 1.56 bits per heavy atom. The fourth-order valence-corrected chi connectivity index (χ4v) is 3.78. The van der Waals surface area contributed by atoms with Gasteiger partial charge in [0.05, 0.1) is 5.92 Å². The maximum Gasteiger partial charge on any atom is 0.446 e. The summed E-state index contributed by atoms with van der Waals surface area (Å²) in [7, 11) is 0. The molecule has 0 aromatic heterocycles. The first kappa shape index (κ1) is 23.7. The molecule has 0 aliphatic heterocycles. The highest BCUT2D eigenvalue weighted by Gasteiger charge is 2.30. The van der Waals surface area contributed by atoms with Crippen molar-refractivity contribution in [1.82, 2.24) is 0 Å². The molecule has 0 radical (unpaired) electrons. The summed E-state index contributed by atoms with van der Waals surface area (Å²) in [6.07, 6.45) is 0. The van der Waals surface area contributed by atoms with Crippen molar-refractivity contribution in [1.29, 1.82) is 0 Å². The van der Waals surface area contributed by atoms with Crippen LogP contribution in [0, 0.1) is 5.92 Å². The fourth-order valence-electron chi connectivity index (χ4n) is 3.24. The van der Waals surface area contributed by atoms with Gasteiger partial charge >= 0.3 is 11.5 Å². The van der Waals surface area contributed by atoms with Crippen LogP contribution in [0.25, 0.3) is 0 Å². The first-order valence-corrected chi connectivity index (χ1v) is 10.9. The first-order chi connectivity index (χ1) is 15.2. The van der Waals surface area contributed by atoms with Gasteiger partial charge in [0.15, 0.2) is 0 Å². The SMILES string of the molecule is CC(C)C(C(=O)OCc1cccc(Oc2ccccc2)c1)c1ccc(SC(F)(F)F)cc1. The molecular weight excluding hydrogens is 437 g/mol. The number of hydrogen-bond acceptors (Lipinski definition) is 4. The number of alkyl halides is 3. The van der Waals surface area contributed by atoms with Gasteiger partial charge < -0.3 is 9.47 Å². The highest BCUT2D eigenvalue weighted by atomic mass is 32.2. The molecule has 0 aliphatic rings. The minimum Gasteiger partial charge on any atom is -0.460 e. The largest absolute Gasteiger partial charge is 0.460 e. The standard InChI is InChI=1S/C25H23F3O3S/c1-17(2)23(19-11-13-22(14-12-19)32-25(26,27)28)24(29)30-16-18-7-6-10-21(15-18)31-20-8-4-3-5-9-20/h3-15,17,23H,16H2,1-2H3. The van der Waals surface area contributed by atoms with Crippen molar-refractivity contribution in [2.45, 2.75) is 36.8 Å². The average molecular weight is 461 g/mol. The van der Waals surface area contributed by atoms with Crippen molar-refractivity contribution in [3.05, 3.63) is 90.0 Å². The zero-order valence-corrected chi connectivity index (χ0v) is 18.5. The number of ether oxygens (including phenoxy) is 2. The van der Waals surface area contributed by atoms with Crippen LogP contribution < -0.4 is 4.74 Å². The van der Waals surface area contributed by atoms with E-state index in [0.717, 1.165) is 5.56 Å². The molecule has 3 aromatic rings. The normalized spacial score (nSPS) is 12.4. The monoisotopic (exact) mass is 460 g/mol. The van der Waals surface area contributed by atoms with Crippen molar-refractivity contribution in [3.8, 4) is 11.5 Å². The molecule has 0 aliphatic carbocycles. The number of carbonyl (C=O) groups excluding carboxylic acids is 1. The average Bonchev–Trinajstić information content (AvgIpc) is 2.73. The summed E-state index contributed by atoms with van der Waals surface area (Å²) in [6, 6.07) is 22.5. The molecule has 0 saturated heterocycles. The van der Waals surface area contributed by atoms with Crippen LogP contribution in [0.4, 0.5) is 13.2 Å². The summed E-state index contributed by atoms with van der Waals surface area (Å²) in [6.45, 7) is 3.81. The van der Waals surface area contributed by atoms with E-state index in [0.29, 0.717) is 17.1 Å². The summed E-state index contributed by atoms with van der Waals surface area (Å²) in [5.41, 5.74) is -2.96. The lowest BCUT2D eigenvalue weighted by molar-refractivity contribution is -0.148. The molecule has 0 amide bonds. The number of benzene rings is 3. The Morgan fingerprint density at radius 1 is 0.906 bits per heavy atom. The molecule has 0 fully saturated rings. The first-order valence-electron chi connectivity index (χ1n) is 10.1. The van der Waals surface area contributed by atoms with Gasteiger partial charge in [-0.05, 0) is 65.2 Å². The summed E-state index contributed by atoms with van der Waals surface area (Å²) in [4.78, 5) is 12.9. The molecular formula is C25H23F3O3S. The van der Waals surface area contributed by atoms with Crippen molar-refractivity contribution in [2.75, 3.05) is 0 Å². The Bertz CT molecular complexity index is 1020. The van der Waals surface area contributed by atoms with Gasteiger partial charge in [0, 0.05) is 4.90 Å². The zero-order chi connectivity index (χ0) is 23.1. The summed E-state index contributed by atoms with van der Waals surface area (Å²) in [5.74, 6) is 0.238. The predicted octanol–water partition coefficient (Wildman–Crippen LogP) is 7.57. The third-order valence-electron chi connectivity index (χ3n) is 4.65. The molecule has 0 bridgehead atoms. The Hall–Kier alpha value is -2.93. The number of hydrogen-bond donors (Lipinski definition) is 0. The number of carbonyl (C=O) groups is 1. The van der Waals surface area contributed by atoms with Crippen molar-refractivity contribution >= 4 is 17.7 Å². The smallest absolute Gasteiger partial charge is 0.446 e. The highest BCUT2D eigenvalue weighted by molar-refractivity contribution is 8.00. The van der Waals surface area contributed by atoms with E-state index in [1.165, 1.54) is 12.1 Å². The lowest BCUT2D eigenvalue weighted by Crippen LogP contribution is -2.21. The van der Waals surface area contributed by atoms with E-state index in [1.54, 1.807) is 18.2 Å². The molecule has 32 heavy (non-hydrogen) atoms. The molecule has 3 nitrogen and oxygen atoms in total. The minimum absolute atomic E-state index is 0.0655. The summed E-state index contributed by atoms with van der Waals surface area (Å²) >= 11 is -0.181. The molecule has 3 rings (SSSR count). The lowest BCUT2D eigenvalue weighted by atomic mass is 9.88. The molecule has 7 heteroatoms. The van der Waals surface area contributed by atoms with Gasteiger partial charge in [0.25, 0.3) is 0 Å². The van der Waals surface area contributed by atoms with Crippen LogP contribution >= 0.6 is 11.8 Å². The van der Waals surface area contributed by atoms with Gasteiger partial charge in [0.2, 0.25) is 0 Å². The van der Waals surface area contributed by atoms with Gasteiger partial charge in [-0.25, -0.2) is 0 Å². The number of esters is 1. The second-order valence-electron chi connectivity index (χ2n) is 7.51. The van der Waals surface area contributed by atoms with Crippen molar-refractivity contribution in [3.63, 3.8) is 0 Å². The van der Waals surface area contributed by atoms with Crippen LogP contribution in [0.5, 0.6) is 11.5 Å². The van der Waals surface area contributed by atoms with Gasteiger partial charge in [-0.1, -0.05) is 56.3 Å². The van der Waals surface area contributed by atoms with E-state index in [2.05, 4.69) is 0 Å². The van der Waals surface area contributed by atoms with Crippen molar-refractivity contribution < 1.29 is 27.4 Å². The van der Waals surface area contributed by atoms with Crippen LogP contribution in [-0.4, -0.2) is 11.5 Å². The Morgan fingerprint density at radius 3 is 2.19 bits per heavy atom. The van der Waals surface area contributed by atoms with Crippen LogP contribution in [0.1, 0.15) is 30.9 Å². The predicted molar refractivity (Wildman–Crippen MR) is 119 cm³/mol. The van der Waals surface area contributed by atoms with E-state index in [4.69, 9.17) is 9.47 Å². The molecule has 0 spiro atoms. The van der Waals surface area contributed by atoms with E-state index in [1.807, 2.05) is 62.4 Å². The number of thioether (sulfide) groups is 1. The highest BCUT2D eigenvalue weighted by Crippen LogP contribution is 2.37. The van der Waals surface area contributed by atoms with E-state index in [-0.39, 0.29) is 29.2 Å². The maximum atomic E-state index is 12.8. The van der Waals surface area contributed by atoms with Gasteiger partial charge in [-0.15, -0.1) is 0 Å². The van der Waals surface area contributed by atoms with Crippen LogP contribution in [0.2, 0.25) is 0 Å². The van der Waals surface area contributed by atoms with Gasteiger partial charge in [-0.3, -0.25) is 4.79 Å². The topological polar surface area (TPSA) is 35.5 Å². The Labute approximate surface area is 189 Å². The second kappa shape index (κ2) is 10.6. The minimum atomic E-state index is -4.35. The Balaban J connectivity index is 1.65. The van der Waals surface area contributed by atoms with Gasteiger partial charge in [0.1, 0.15) is 18.1 Å². The number of rotatable bonds is 8. The van der Waals surface area contributed by atoms with Crippen LogP contribution in [-0.2, 0) is 16.1 Å². The third kappa shape index (κ3) is 7.05. The molecule has 0 heterocycles. The van der Waals surface area contributed by atoms with E-state index in [9.17, 15) is 18.0 Å². The molecule has 168 valence electrons. The quantitative estimate of drug-likeness (QED) is 0.256. The summed E-state index contributed by atoms with van der Waals surface area (Å²) < 4.78 is 49.0. The third-order valence-corrected chi connectivity index (χ3v) is 5.39. The van der Waals surface area contributed by atoms with E-state index < -0.39 is 17.4 Å². The number of halogens is 3. The summed E-state index contributed by atoms with van der Waals surface area (Å²) in [5, 5.41) is 0. The molecule has 0 saturated carbocycles. The van der Waals surface area contributed by atoms with E-state index >= 15 is 0 Å². The molecule has 1 unspecified atom stereocenters. The number of para-hydroxylation sites is 1.